The molecule has 114 valence electrons. The summed E-state index contributed by atoms with van der Waals surface area (Å²) in [5, 5.41) is 5.87. The van der Waals surface area contributed by atoms with Crippen LogP contribution < -0.4 is 5.32 Å². The molecule has 2 nitrogen and oxygen atoms in total. The maximum Gasteiger partial charge on any atom is 0.0545 e. The molecule has 2 aromatic rings. The van der Waals surface area contributed by atoms with Gasteiger partial charge in [-0.3, -0.25) is 4.21 Å². The smallest absolute Gasteiger partial charge is 0.0545 e. The van der Waals surface area contributed by atoms with E-state index in [9.17, 15) is 4.21 Å². The average Bonchev–Trinajstić information content (AvgIpc) is 2.50. The van der Waals surface area contributed by atoms with Crippen molar-refractivity contribution in [3.8, 4) is 0 Å². The van der Waals surface area contributed by atoms with Gasteiger partial charge in [-0.1, -0.05) is 51.1 Å². The minimum atomic E-state index is -0.956. The van der Waals surface area contributed by atoms with Crippen LogP contribution in [0.3, 0.4) is 0 Å². The minimum absolute atomic E-state index is 0.303. The SMILES string of the molecule is CCCNC(CS(=O)c1ccc2ccccc2c1)C(C)C. The second-order valence-electron chi connectivity index (χ2n) is 5.83. The molecule has 21 heavy (non-hydrogen) atoms. The van der Waals surface area contributed by atoms with Gasteiger partial charge in [0.2, 0.25) is 0 Å². The molecular formula is C18H25NOS. The zero-order valence-electron chi connectivity index (χ0n) is 13.1. The molecule has 0 saturated heterocycles. The Morgan fingerprint density at radius 3 is 2.48 bits per heavy atom. The van der Waals surface area contributed by atoms with Gasteiger partial charge in [0.1, 0.15) is 0 Å². The van der Waals surface area contributed by atoms with E-state index in [1.165, 1.54) is 5.39 Å². The first kappa shape index (κ1) is 16.2. The van der Waals surface area contributed by atoms with Gasteiger partial charge in [-0.2, -0.15) is 0 Å². The van der Waals surface area contributed by atoms with Gasteiger partial charge in [0.05, 0.1) is 10.8 Å². The summed E-state index contributed by atoms with van der Waals surface area (Å²) in [6.07, 6.45) is 1.10. The van der Waals surface area contributed by atoms with Gasteiger partial charge < -0.3 is 5.32 Å². The van der Waals surface area contributed by atoms with Crippen molar-refractivity contribution in [3.63, 3.8) is 0 Å². The summed E-state index contributed by atoms with van der Waals surface area (Å²) in [5.41, 5.74) is 0. The summed E-state index contributed by atoms with van der Waals surface area (Å²) in [6, 6.07) is 14.6. The fourth-order valence-electron chi connectivity index (χ4n) is 2.39. The lowest BCUT2D eigenvalue weighted by atomic mass is 10.1. The van der Waals surface area contributed by atoms with Gasteiger partial charge in [-0.25, -0.2) is 0 Å². The van der Waals surface area contributed by atoms with Crippen molar-refractivity contribution in [2.24, 2.45) is 5.92 Å². The van der Waals surface area contributed by atoms with Gasteiger partial charge >= 0.3 is 0 Å². The van der Waals surface area contributed by atoms with Crippen molar-refractivity contribution >= 4 is 21.6 Å². The van der Waals surface area contributed by atoms with Gasteiger partial charge in [0.25, 0.3) is 0 Å². The van der Waals surface area contributed by atoms with E-state index in [2.05, 4.69) is 50.4 Å². The lowest BCUT2D eigenvalue weighted by Crippen LogP contribution is -2.38. The lowest BCUT2D eigenvalue weighted by molar-refractivity contribution is 0.431. The molecule has 0 bridgehead atoms. The van der Waals surface area contributed by atoms with E-state index in [1.54, 1.807) is 0 Å². The maximum atomic E-state index is 12.6. The highest BCUT2D eigenvalue weighted by molar-refractivity contribution is 7.85. The average molecular weight is 303 g/mol. The number of hydrogen-bond acceptors (Lipinski definition) is 2. The molecule has 0 amide bonds. The van der Waals surface area contributed by atoms with Crippen molar-refractivity contribution < 1.29 is 4.21 Å². The Morgan fingerprint density at radius 2 is 1.81 bits per heavy atom. The van der Waals surface area contributed by atoms with Crippen molar-refractivity contribution in [3.05, 3.63) is 42.5 Å². The number of hydrogen-bond donors (Lipinski definition) is 1. The quantitative estimate of drug-likeness (QED) is 0.838. The molecule has 2 unspecified atom stereocenters. The van der Waals surface area contributed by atoms with Crippen LogP contribution in [0, 0.1) is 5.92 Å². The third kappa shape index (κ3) is 4.39. The van der Waals surface area contributed by atoms with E-state index in [-0.39, 0.29) is 0 Å². The Morgan fingerprint density at radius 1 is 1.10 bits per heavy atom. The normalized spacial score (nSPS) is 14.5. The first-order valence-electron chi connectivity index (χ1n) is 7.72. The molecule has 0 radical (unpaired) electrons. The van der Waals surface area contributed by atoms with Crippen LogP contribution in [0.25, 0.3) is 10.8 Å². The maximum absolute atomic E-state index is 12.6. The number of nitrogens with one attached hydrogen (secondary N) is 1. The topological polar surface area (TPSA) is 29.1 Å². The number of rotatable bonds is 7. The zero-order chi connectivity index (χ0) is 15.2. The van der Waals surface area contributed by atoms with Crippen molar-refractivity contribution in [1.82, 2.24) is 5.32 Å². The second-order valence-corrected chi connectivity index (χ2v) is 7.32. The molecule has 0 spiro atoms. The molecule has 2 rings (SSSR count). The van der Waals surface area contributed by atoms with Crippen LogP contribution in [-0.2, 0) is 10.8 Å². The van der Waals surface area contributed by atoms with Crippen molar-refractivity contribution in [1.29, 1.82) is 0 Å². The molecule has 0 fully saturated rings. The van der Waals surface area contributed by atoms with E-state index < -0.39 is 10.8 Å². The lowest BCUT2D eigenvalue weighted by Gasteiger charge is -2.22. The van der Waals surface area contributed by atoms with Crippen LogP contribution >= 0.6 is 0 Å². The molecule has 0 heterocycles. The van der Waals surface area contributed by atoms with Crippen LogP contribution in [0.5, 0.6) is 0 Å². The molecule has 0 aliphatic carbocycles. The predicted octanol–water partition coefficient (Wildman–Crippen LogP) is 3.97. The monoisotopic (exact) mass is 303 g/mol. The molecule has 0 aliphatic rings. The third-order valence-electron chi connectivity index (χ3n) is 3.78. The summed E-state index contributed by atoms with van der Waals surface area (Å²) in [5.74, 6) is 1.16. The number of benzene rings is 2. The number of fused-ring (bicyclic) bond motifs is 1. The van der Waals surface area contributed by atoms with Crippen molar-refractivity contribution in [2.75, 3.05) is 12.3 Å². The highest BCUT2D eigenvalue weighted by atomic mass is 32.2. The Kier molecular flexibility index (Phi) is 5.95. The van der Waals surface area contributed by atoms with Crippen molar-refractivity contribution in [2.45, 2.75) is 38.1 Å². The van der Waals surface area contributed by atoms with Crippen LogP contribution in [0.4, 0.5) is 0 Å². The van der Waals surface area contributed by atoms with Crippen LogP contribution in [0.1, 0.15) is 27.2 Å². The van der Waals surface area contributed by atoms with Gasteiger partial charge in [0, 0.05) is 16.7 Å². The fraction of sp³-hybridized carbons (Fsp3) is 0.444. The molecule has 0 aliphatic heterocycles. The molecule has 0 saturated carbocycles. The molecular weight excluding hydrogens is 278 g/mol. The Labute approximate surface area is 130 Å². The zero-order valence-corrected chi connectivity index (χ0v) is 14.0. The minimum Gasteiger partial charge on any atom is -0.313 e. The van der Waals surface area contributed by atoms with Crippen LogP contribution in [0.2, 0.25) is 0 Å². The van der Waals surface area contributed by atoms with E-state index in [1.807, 2.05) is 18.2 Å². The fourth-order valence-corrected chi connectivity index (χ4v) is 3.88. The van der Waals surface area contributed by atoms with Crippen LogP contribution in [-0.4, -0.2) is 22.5 Å². The molecule has 2 aromatic carbocycles. The van der Waals surface area contributed by atoms with E-state index >= 15 is 0 Å². The third-order valence-corrected chi connectivity index (χ3v) is 5.22. The van der Waals surface area contributed by atoms with E-state index in [0.29, 0.717) is 17.7 Å². The summed E-state index contributed by atoms with van der Waals surface area (Å²) >= 11 is 0. The first-order valence-corrected chi connectivity index (χ1v) is 9.04. The van der Waals surface area contributed by atoms with Gasteiger partial charge in [0.15, 0.2) is 0 Å². The molecule has 2 atom stereocenters. The Hall–Kier alpha value is -1.19. The molecule has 3 heteroatoms. The van der Waals surface area contributed by atoms with E-state index in [4.69, 9.17) is 0 Å². The predicted molar refractivity (Wildman–Crippen MR) is 92.1 cm³/mol. The largest absolute Gasteiger partial charge is 0.313 e. The standard InChI is InChI=1S/C18H25NOS/c1-4-11-19-18(14(2)3)13-21(20)17-10-9-15-7-5-6-8-16(15)12-17/h5-10,12,14,18-19H,4,11,13H2,1-3H3. The van der Waals surface area contributed by atoms with Gasteiger partial charge in [-0.05, 0) is 41.8 Å². The highest BCUT2D eigenvalue weighted by Crippen LogP contribution is 2.19. The molecule has 0 aromatic heterocycles. The molecule has 1 N–H and O–H groups in total. The Balaban J connectivity index is 2.13. The highest BCUT2D eigenvalue weighted by Gasteiger charge is 2.17. The second kappa shape index (κ2) is 7.71. The van der Waals surface area contributed by atoms with E-state index in [0.717, 1.165) is 23.2 Å². The first-order chi connectivity index (χ1) is 10.1. The van der Waals surface area contributed by atoms with Crippen LogP contribution in [0.15, 0.2) is 47.4 Å². The van der Waals surface area contributed by atoms with Gasteiger partial charge in [-0.15, -0.1) is 0 Å². The summed E-state index contributed by atoms with van der Waals surface area (Å²) in [4.78, 5) is 0.928. The summed E-state index contributed by atoms with van der Waals surface area (Å²) in [6.45, 7) is 7.51. The Bertz CT molecular complexity index is 609. The summed E-state index contributed by atoms with van der Waals surface area (Å²) in [7, 11) is -0.956. The summed E-state index contributed by atoms with van der Waals surface area (Å²) < 4.78 is 12.6.